The Morgan fingerprint density at radius 2 is 1.66 bits per heavy atom. The molecule has 1 aliphatic carbocycles. The van der Waals surface area contributed by atoms with E-state index in [0.29, 0.717) is 11.4 Å². The van der Waals surface area contributed by atoms with Crippen LogP contribution in [0.1, 0.15) is 42.8 Å². The molecule has 0 aliphatic heterocycles. The van der Waals surface area contributed by atoms with Crippen LogP contribution >= 0.6 is 0 Å². The number of carbonyl (C=O) groups is 1. The molecule has 1 fully saturated rings. The average molecular weight is 396 g/mol. The highest BCUT2D eigenvalue weighted by atomic mass is 19.1. The lowest BCUT2D eigenvalue weighted by Gasteiger charge is -2.23. The topological polar surface area (TPSA) is 89.3 Å². The van der Waals surface area contributed by atoms with Crippen molar-refractivity contribution in [3.05, 3.63) is 60.2 Å². The van der Waals surface area contributed by atoms with E-state index in [4.69, 9.17) is 9.15 Å². The fraction of sp³-hybridized carbons (Fsp3) is 0.286. The summed E-state index contributed by atoms with van der Waals surface area (Å²) < 4.78 is 24.2. The number of nitrogens with zero attached hydrogens (tertiary/aromatic N) is 2. The van der Waals surface area contributed by atoms with Crippen LogP contribution in [0.2, 0.25) is 0 Å². The van der Waals surface area contributed by atoms with Crippen molar-refractivity contribution in [1.29, 1.82) is 0 Å². The van der Waals surface area contributed by atoms with Crippen LogP contribution in [-0.4, -0.2) is 22.2 Å². The SMILES string of the molecule is O=C(Nc1ccc(OC2CCCCC2)cc1)c1nnc(Nc2ccc(F)cc2)o1. The average Bonchev–Trinajstić information content (AvgIpc) is 3.21. The molecular weight excluding hydrogens is 375 g/mol. The Morgan fingerprint density at radius 3 is 2.38 bits per heavy atom. The minimum Gasteiger partial charge on any atom is -0.490 e. The van der Waals surface area contributed by atoms with E-state index in [1.807, 2.05) is 12.1 Å². The van der Waals surface area contributed by atoms with Gasteiger partial charge in [-0.05, 0) is 74.2 Å². The van der Waals surface area contributed by atoms with Crippen LogP contribution in [0.5, 0.6) is 5.75 Å². The molecule has 1 amide bonds. The second-order valence-corrected chi connectivity index (χ2v) is 6.90. The summed E-state index contributed by atoms with van der Waals surface area (Å²) in [4.78, 5) is 12.3. The Hall–Kier alpha value is -3.42. The van der Waals surface area contributed by atoms with Crippen LogP contribution < -0.4 is 15.4 Å². The van der Waals surface area contributed by atoms with Gasteiger partial charge in [-0.15, -0.1) is 5.10 Å². The zero-order chi connectivity index (χ0) is 20.1. The van der Waals surface area contributed by atoms with Crippen LogP contribution in [0.25, 0.3) is 0 Å². The normalized spacial score (nSPS) is 14.4. The Morgan fingerprint density at radius 1 is 0.966 bits per heavy atom. The highest BCUT2D eigenvalue weighted by Gasteiger charge is 2.17. The molecule has 2 N–H and O–H groups in total. The molecule has 150 valence electrons. The summed E-state index contributed by atoms with van der Waals surface area (Å²) in [5.74, 6) is -0.266. The van der Waals surface area contributed by atoms with Crippen molar-refractivity contribution >= 4 is 23.3 Å². The number of rotatable bonds is 6. The molecule has 7 nitrogen and oxygen atoms in total. The van der Waals surface area contributed by atoms with Gasteiger partial charge in [0, 0.05) is 11.4 Å². The number of aromatic nitrogens is 2. The molecule has 0 spiro atoms. The van der Waals surface area contributed by atoms with E-state index in [1.54, 1.807) is 12.1 Å². The third-order valence-corrected chi connectivity index (χ3v) is 4.68. The molecule has 0 radical (unpaired) electrons. The summed E-state index contributed by atoms with van der Waals surface area (Å²) in [6.07, 6.45) is 6.15. The standard InChI is InChI=1S/C21H21FN4O3/c22-14-6-8-16(9-7-14)24-21-26-25-20(29-21)19(27)23-15-10-12-18(13-11-15)28-17-4-2-1-3-5-17/h6-13,17H,1-5H2,(H,23,27)(H,24,26). The van der Waals surface area contributed by atoms with Gasteiger partial charge in [-0.2, -0.15) is 0 Å². The minimum absolute atomic E-state index is 0.0398. The van der Waals surface area contributed by atoms with Crippen LogP contribution in [0.4, 0.5) is 21.8 Å². The summed E-state index contributed by atoms with van der Waals surface area (Å²) in [6, 6.07) is 12.9. The first-order valence-corrected chi connectivity index (χ1v) is 9.60. The maximum atomic E-state index is 12.9. The minimum atomic E-state index is -0.523. The molecule has 1 saturated carbocycles. The van der Waals surface area contributed by atoms with Crippen molar-refractivity contribution in [2.75, 3.05) is 10.6 Å². The molecule has 0 saturated heterocycles. The Balaban J connectivity index is 1.33. The molecule has 0 atom stereocenters. The van der Waals surface area contributed by atoms with Gasteiger partial charge in [-0.25, -0.2) is 4.39 Å². The van der Waals surface area contributed by atoms with Crippen molar-refractivity contribution in [2.45, 2.75) is 38.2 Å². The fourth-order valence-electron chi connectivity index (χ4n) is 3.20. The number of hydrogen-bond donors (Lipinski definition) is 2. The first kappa shape index (κ1) is 18.9. The number of halogens is 1. The summed E-state index contributed by atoms with van der Waals surface area (Å²) in [7, 11) is 0. The van der Waals surface area contributed by atoms with Gasteiger partial charge in [0.1, 0.15) is 11.6 Å². The van der Waals surface area contributed by atoms with Gasteiger partial charge in [0.05, 0.1) is 6.10 Å². The van der Waals surface area contributed by atoms with Gasteiger partial charge >= 0.3 is 17.8 Å². The van der Waals surface area contributed by atoms with Gasteiger partial charge in [0.25, 0.3) is 0 Å². The van der Waals surface area contributed by atoms with E-state index in [9.17, 15) is 9.18 Å². The smallest absolute Gasteiger partial charge is 0.320 e. The first-order valence-electron chi connectivity index (χ1n) is 9.60. The van der Waals surface area contributed by atoms with Gasteiger partial charge in [-0.1, -0.05) is 11.5 Å². The third-order valence-electron chi connectivity index (χ3n) is 4.68. The predicted molar refractivity (Wildman–Crippen MR) is 106 cm³/mol. The Bertz CT molecular complexity index is 951. The maximum absolute atomic E-state index is 12.9. The van der Waals surface area contributed by atoms with Crippen LogP contribution in [-0.2, 0) is 0 Å². The quantitative estimate of drug-likeness (QED) is 0.615. The van der Waals surface area contributed by atoms with E-state index in [-0.39, 0.29) is 23.8 Å². The number of anilines is 3. The number of hydrogen-bond acceptors (Lipinski definition) is 6. The van der Waals surface area contributed by atoms with Crippen LogP contribution in [0, 0.1) is 5.82 Å². The lowest BCUT2D eigenvalue weighted by atomic mass is 9.98. The van der Waals surface area contributed by atoms with Crippen molar-refractivity contribution in [2.24, 2.45) is 0 Å². The van der Waals surface area contributed by atoms with Crippen molar-refractivity contribution in [3.8, 4) is 5.75 Å². The third kappa shape index (κ3) is 5.10. The highest BCUT2D eigenvalue weighted by Crippen LogP contribution is 2.24. The highest BCUT2D eigenvalue weighted by molar-refractivity contribution is 6.00. The first-order chi connectivity index (χ1) is 14.2. The molecule has 8 heteroatoms. The molecule has 4 rings (SSSR count). The van der Waals surface area contributed by atoms with Gasteiger partial charge in [0.2, 0.25) is 0 Å². The summed E-state index contributed by atoms with van der Waals surface area (Å²) in [5, 5.41) is 13.0. The van der Waals surface area contributed by atoms with Crippen molar-refractivity contribution < 1.29 is 18.3 Å². The van der Waals surface area contributed by atoms with E-state index < -0.39 is 5.91 Å². The zero-order valence-electron chi connectivity index (χ0n) is 15.7. The summed E-state index contributed by atoms with van der Waals surface area (Å²) >= 11 is 0. The molecular formula is C21H21FN4O3. The lowest BCUT2D eigenvalue weighted by Crippen LogP contribution is -2.19. The van der Waals surface area contributed by atoms with Gasteiger partial charge < -0.3 is 19.8 Å². The molecule has 0 bridgehead atoms. The summed E-state index contributed by atoms with van der Waals surface area (Å²) in [5.41, 5.74) is 1.16. The predicted octanol–water partition coefficient (Wildman–Crippen LogP) is 4.92. The Kier molecular flexibility index (Phi) is 5.69. The molecule has 29 heavy (non-hydrogen) atoms. The number of nitrogens with one attached hydrogen (secondary N) is 2. The lowest BCUT2D eigenvalue weighted by molar-refractivity contribution is 0.0991. The maximum Gasteiger partial charge on any atom is 0.320 e. The van der Waals surface area contributed by atoms with Gasteiger partial charge in [0.15, 0.2) is 0 Å². The van der Waals surface area contributed by atoms with E-state index in [2.05, 4.69) is 20.8 Å². The molecule has 1 aliphatic rings. The van der Waals surface area contributed by atoms with Crippen LogP contribution in [0.15, 0.2) is 52.9 Å². The Labute approximate surface area is 167 Å². The van der Waals surface area contributed by atoms with Crippen LogP contribution in [0.3, 0.4) is 0 Å². The molecule has 0 unspecified atom stereocenters. The van der Waals surface area contributed by atoms with Crippen molar-refractivity contribution in [3.63, 3.8) is 0 Å². The molecule has 3 aromatic rings. The van der Waals surface area contributed by atoms with E-state index in [1.165, 1.54) is 43.5 Å². The molecule has 1 aromatic heterocycles. The number of carbonyl (C=O) groups excluding carboxylic acids is 1. The second kappa shape index (κ2) is 8.72. The zero-order valence-corrected chi connectivity index (χ0v) is 15.7. The van der Waals surface area contributed by atoms with Gasteiger partial charge in [-0.3, -0.25) is 4.79 Å². The molecule has 2 aromatic carbocycles. The number of amides is 1. The van der Waals surface area contributed by atoms with E-state index >= 15 is 0 Å². The number of benzene rings is 2. The largest absolute Gasteiger partial charge is 0.490 e. The second-order valence-electron chi connectivity index (χ2n) is 6.90. The molecule has 1 heterocycles. The number of ether oxygens (including phenoxy) is 1. The monoisotopic (exact) mass is 396 g/mol. The fourth-order valence-corrected chi connectivity index (χ4v) is 3.20. The summed E-state index contributed by atoms with van der Waals surface area (Å²) in [6.45, 7) is 0. The van der Waals surface area contributed by atoms with E-state index in [0.717, 1.165) is 18.6 Å². The van der Waals surface area contributed by atoms with Crippen molar-refractivity contribution in [1.82, 2.24) is 10.2 Å².